The SMILES string of the molecule is N#Cc1ccnc(Nc2cc(N)ccc2Cl)n1. The first-order valence-electron chi connectivity index (χ1n) is 4.74. The van der Waals surface area contributed by atoms with E-state index in [1.54, 1.807) is 18.2 Å². The maximum absolute atomic E-state index is 8.71. The average Bonchev–Trinajstić information content (AvgIpc) is 2.34. The molecule has 0 bridgehead atoms. The van der Waals surface area contributed by atoms with E-state index in [0.717, 1.165) is 0 Å². The molecule has 0 spiro atoms. The molecule has 0 amide bonds. The molecule has 2 rings (SSSR count). The van der Waals surface area contributed by atoms with Crippen molar-refractivity contribution in [3.05, 3.63) is 41.2 Å². The van der Waals surface area contributed by atoms with Gasteiger partial charge < -0.3 is 11.1 Å². The molecule has 1 heterocycles. The molecular weight excluding hydrogens is 238 g/mol. The van der Waals surface area contributed by atoms with Crippen molar-refractivity contribution in [2.45, 2.75) is 0 Å². The number of hydrogen-bond acceptors (Lipinski definition) is 5. The third kappa shape index (κ3) is 2.62. The van der Waals surface area contributed by atoms with Gasteiger partial charge in [-0.1, -0.05) is 11.6 Å². The lowest BCUT2D eigenvalue weighted by atomic mass is 10.3. The van der Waals surface area contributed by atoms with Crippen LogP contribution in [0.25, 0.3) is 0 Å². The Kier molecular flexibility index (Phi) is 3.08. The van der Waals surface area contributed by atoms with Gasteiger partial charge in [0.05, 0.1) is 10.7 Å². The molecule has 0 unspecified atom stereocenters. The second-order valence-electron chi connectivity index (χ2n) is 3.24. The highest BCUT2D eigenvalue weighted by molar-refractivity contribution is 6.33. The van der Waals surface area contributed by atoms with Gasteiger partial charge >= 0.3 is 0 Å². The van der Waals surface area contributed by atoms with Crippen LogP contribution in [0.2, 0.25) is 5.02 Å². The first-order chi connectivity index (χ1) is 8.19. The third-order valence-electron chi connectivity index (χ3n) is 2.01. The molecule has 5 nitrogen and oxygen atoms in total. The Labute approximate surface area is 103 Å². The number of hydrogen-bond donors (Lipinski definition) is 2. The van der Waals surface area contributed by atoms with Crippen molar-refractivity contribution in [3.63, 3.8) is 0 Å². The predicted octanol–water partition coefficient (Wildman–Crippen LogP) is 2.33. The summed E-state index contributed by atoms with van der Waals surface area (Å²) in [4.78, 5) is 7.96. The Morgan fingerprint density at radius 3 is 2.94 bits per heavy atom. The van der Waals surface area contributed by atoms with E-state index in [9.17, 15) is 0 Å². The Bertz CT molecular complexity index is 591. The number of nitrogens with two attached hydrogens (primary N) is 1. The number of anilines is 3. The van der Waals surface area contributed by atoms with Gasteiger partial charge in [-0.25, -0.2) is 9.97 Å². The van der Waals surface area contributed by atoms with E-state index in [1.807, 2.05) is 6.07 Å². The molecule has 17 heavy (non-hydrogen) atoms. The minimum absolute atomic E-state index is 0.280. The largest absolute Gasteiger partial charge is 0.399 e. The van der Waals surface area contributed by atoms with Gasteiger partial charge in [-0.3, -0.25) is 0 Å². The van der Waals surface area contributed by atoms with Crippen LogP contribution in [-0.2, 0) is 0 Å². The summed E-state index contributed by atoms with van der Waals surface area (Å²) in [6, 6.07) is 8.49. The summed E-state index contributed by atoms with van der Waals surface area (Å²) in [6.45, 7) is 0. The van der Waals surface area contributed by atoms with E-state index in [2.05, 4.69) is 15.3 Å². The Hall–Kier alpha value is -2.32. The predicted molar refractivity (Wildman–Crippen MR) is 65.9 cm³/mol. The smallest absolute Gasteiger partial charge is 0.228 e. The highest BCUT2D eigenvalue weighted by Gasteiger charge is 2.04. The Morgan fingerprint density at radius 2 is 2.18 bits per heavy atom. The zero-order chi connectivity index (χ0) is 12.3. The molecule has 0 atom stereocenters. The Balaban J connectivity index is 2.31. The summed E-state index contributed by atoms with van der Waals surface area (Å²) >= 11 is 5.98. The summed E-state index contributed by atoms with van der Waals surface area (Å²) < 4.78 is 0. The maximum atomic E-state index is 8.71. The first kappa shape index (κ1) is 11.2. The van der Waals surface area contributed by atoms with Gasteiger partial charge in [0.15, 0.2) is 0 Å². The summed E-state index contributed by atoms with van der Waals surface area (Å²) in [5.74, 6) is 0.302. The highest BCUT2D eigenvalue weighted by atomic mass is 35.5. The van der Waals surface area contributed by atoms with Crippen LogP contribution in [-0.4, -0.2) is 9.97 Å². The summed E-state index contributed by atoms with van der Waals surface area (Å²) in [7, 11) is 0. The lowest BCUT2D eigenvalue weighted by molar-refractivity contribution is 1.14. The van der Waals surface area contributed by atoms with Crippen LogP contribution in [0.4, 0.5) is 17.3 Å². The van der Waals surface area contributed by atoms with E-state index in [-0.39, 0.29) is 5.69 Å². The van der Waals surface area contributed by atoms with Gasteiger partial charge in [0.2, 0.25) is 5.95 Å². The number of benzene rings is 1. The number of aromatic nitrogens is 2. The fourth-order valence-corrected chi connectivity index (χ4v) is 1.41. The lowest BCUT2D eigenvalue weighted by Crippen LogP contribution is -1.99. The maximum Gasteiger partial charge on any atom is 0.228 e. The van der Waals surface area contributed by atoms with Crippen molar-refractivity contribution in [2.24, 2.45) is 0 Å². The number of nitrogens with one attached hydrogen (secondary N) is 1. The molecular formula is C11H8ClN5. The fourth-order valence-electron chi connectivity index (χ4n) is 1.24. The molecule has 0 fully saturated rings. The molecule has 0 saturated heterocycles. The van der Waals surface area contributed by atoms with Crippen LogP contribution in [0.1, 0.15) is 5.69 Å². The molecule has 6 heteroatoms. The van der Waals surface area contributed by atoms with Gasteiger partial charge in [0, 0.05) is 11.9 Å². The molecule has 0 aliphatic rings. The molecule has 3 N–H and O–H groups in total. The third-order valence-corrected chi connectivity index (χ3v) is 2.34. The summed E-state index contributed by atoms with van der Waals surface area (Å²) in [6.07, 6.45) is 1.49. The van der Waals surface area contributed by atoms with E-state index < -0.39 is 0 Å². The van der Waals surface area contributed by atoms with Crippen LogP contribution in [0.15, 0.2) is 30.5 Å². The van der Waals surface area contributed by atoms with Crippen LogP contribution in [0.5, 0.6) is 0 Å². The standard InChI is InChI=1S/C11H8ClN5/c12-9-2-1-7(14)5-10(9)17-11-15-4-3-8(6-13)16-11/h1-5H,14H2,(H,15,16,17). The van der Waals surface area contributed by atoms with Crippen LogP contribution in [0, 0.1) is 11.3 Å². The van der Waals surface area contributed by atoms with Crippen LogP contribution in [0.3, 0.4) is 0 Å². The van der Waals surface area contributed by atoms with Crippen molar-refractivity contribution in [3.8, 4) is 6.07 Å². The van der Waals surface area contributed by atoms with Gasteiger partial charge in [-0.05, 0) is 24.3 Å². The van der Waals surface area contributed by atoms with Gasteiger partial charge in [0.25, 0.3) is 0 Å². The van der Waals surface area contributed by atoms with Gasteiger partial charge in [-0.15, -0.1) is 0 Å². The monoisotopic (exact) mass is 245 g/mol. The fraction of sp³-hybridized carbons (Fsp3) is 0. The topological polar surface area (TPSA) is 87.6 Å². The van der Waals surface area contributed by atoms with Crippen molar-refractivity contribution in [2.75, 3.05) is 11.1 Å². The minimum atomic E-state index is 0.280. The molecule has 0 saturated carbocycles. The molecule has 0 radical (unpaired) electrons. The number of halogens is 1. The van der Waals surface area contributed by atoms with E-state index >= 15 is 0 Å². The van der Waals surface area contributed by atoms with Crippen molar-refractivity contribution in [1.82, 2.24) is 9.97 Å². The molecule has 84 valence electrons. The number of nitrogens with zero attached hydrogens (tertiary/aromatic N) is 3. The van der Waals surface area contributed by atoms with Crippen molar-refractivity contribution in [1.29, 1.82) is 5.26 Å². The average molecular weight is 246 g/mol. The number of nitrogen functional groups attached to an aromatic ring is 1. The van der Waals surface area contributed by atoms with Crippen molar-refractivity contribution < 1.29 is 0 Å². The van der Waals surface area contributed by atoms with Crippen LogP contribution < -0.4 is 11.1 Å². The summed E-state index contributed by atoms with van der Waals surface area (Å²) in [5.41, 5.74) is 7.10. The molecule has 2 aromatic rings. The van der Waals surface area contributed by atoms with Gasteiger partial charge in [0.1, 0.15) is 11.8 Å². The summed E-state index contributed by atoms with van der Waals surface area (Å²) in [5, 5.41) is 12.1. The second-order valence-corrected chi connectivity index (χ2v) is 3.65. The first-order valence-corrected chi connectivity index (χ1v) is 5.12. The highest BCUT2D eigenvalue weighted by Crippen LogP contribution is 2.26. The lowest BCUT2D eigenvalue weighted by Gasteiger charge is -2.07. The van der Waals surface area contributed by atoms with Crippen LogP contribution >= 0.6 is 11.6 Å². The molecule has 0 aliphatic carbocycles. The number of rotatable bonds is 2. The number of nitriles is 1. The van der Waals surface area contributed by atoms with E-state index in [4.69, 9.17) is 22.6 Å². The molecule has 1 aromatic carbocycles. The van der Waals surface area contributed by atoms with Crippen molar-refractivity contribution >= 4 is 28.9 Å². The minimum Gasteiger partial charge on any atom is -0.399 e. The quantitative estimate of drug-likeness (QED) is 0.793. The zero-order valence-electron chi connectivity index (χ0n) is 8.68. The van der Waals surface area contributed by atoms with Gasteiger partial charge in [-0.2, -0.15) is 5.26 Å². The zero-order valence-corrected chi connectivity index (χ0v) is 9.44. The molecule has 1 aromatic heterocycles. The van der Waals surface area contributed by atoms with E-state index in [0.29, 0.717) is 22.3 Å². The second kappa shape index (κ2) is 4.68. The van der Waals surface area contributed by atoms with E-state index in [1.165, 1.54) is 12.3 Å². The molecule has 0 aliphatic heterocycles. The Morgan fingerprint density at radius 1 is 1.35 bits per heavy atom. The normalized spacial score (nSPS) is 9.65.